The number of pyridine rings is 1. The third-order valence-corrected chi connectivity index (χ3v) is 4.02. The summed E-state index contributed by atoms with van der Waals surface area (Å²) in [6.45, 7) is 2.82. The number of carbonyl (C=O) groups is 1. The topological polar surface area (TPSA) is 63.1 Å². The fraction of sp³-hybridized carbons (Fsp3) is 0.438. The van der Waals surface area contributed by atoms with Crippen LogP contribution in [0.25, 0.3) is 0 Å². The number of nitrogens with one attached hydrogen (secondary N) is 1. The van der Waals surface area contributed by atoms with Crippen LogP contribution in [-0.4, -0.2) is 44.5 Å². The largest absolute Gasteiger partial charge is 0.347 e. The van der Waals surface area contributed by atoms with Gasteiger partial charge in [0.05, 0.1) is 12.5 Å². The zero-order chi connectivity index (χ0) is 15.4. The summed E-state index contributed by atoms with van der Waals surface area (Å²) < 4.78 is 1.74. The lowest BCUT2D eigenvalue weighted by atomic mass is 10.0. The summed E-state index contributed by atoms with van der Waals surface area (Å²) in [6, 6.07) is 4.24. The Morgan fingerprint density at radius 3 is 3.05 bits per heavy atom. The molecule has 2 aromatic rings. The molecule has 1 saturated heterocycles. The van der Waals surface area contributed by atoms with E-state index in [1.807, 2.05) is 19.3 Å². The van der Waals surface area contributed by atoms with E-state index in [9.17, 15) is 4.79 Å². The van der Waals surface area contributed by atoms with Crippen molar-refractivity contribution in [1.82, 2.24) is 24.8 Å². The van der Waals surface area contributed by atoms with E-state index in [4.69, 9.17) is 0 Å². The minimum Gasteiger partial charge on any atom is -0.347 e. The molecule has 1 aliphatic heterocycles. The van der Waals surface area contributed by atoms with Gasteiger partial charge in [-0.3, -0.25) is 14.7 Å². The first-order chi connectivity index (χ1) is 10.7. The third-order valence-electron chi connectivity index (χ3n) is 4.02. The summed E-state index contributed by atoms with van der Waals surface area (Å²) >= 11 is 0. The molecule has 0 saturated carbocycles. The molecule has 0 aromatic carbocycles. The van der Waals surface area contributed by atoms with E-state index in [2.05, 4.69) is 26.3 Å². The average molecular weight is 299 g/mol. The van der Waals surface area contributed by atoms with Gasteiger partial charge in [-0.05, 0) is 31.0 Å². The number of hydrogen-bond acceptors (Lipinski definition) is 4. The van der Waals surface area contributed by atoms with E-state index < -0.39 is 0 Å². The molecule has 3 heterocycles. The predicted molar refractivity (Wildman–Crippen MR) is 83.2 cm³/mol. The molecule has 1 aliphatic rings. The molecule has 0 bridgehead atoms. The zero-order valence-corrected chi connectivity index (χ0v) is 12.8. The minimum atomic E-state index is -0.0479. The van der Waals surface area contributed by atoms with Gasteiger partial charge in [0.1, 0.15) is 5.69 Å². The maximum absolute atomic E-state index is 12.3. The third kappa shape index (κ3) is 3.51. The number of hydrogen-bond donors (Lipinski definition) is 1. The van der Waals surface area contributed by atoms with Crippen molar-refractivity contribution in [3.8, 4) is 0 Å². The zero-order valence-electron chi connectivity index (χ0n) is 12.8. The quantitative estimate of drug-likeness (QED) is 0.922. The molecule has 1 amide bonds. The van der Waals surface area contributed by atoms with Crippen LogP contribution in [0.5, 0.6) is 0 Å². The molecule has 1 fully saturated rings. The summed E-state index contributed by atoms with van der Waals surface area (Å²) in [7, 11) is 1.83. The second-order valence-electron chi connectivity index (χ2n) is 5.80. The van der Waals surface area contributed by atoms with Crippen LogP contribution in [0.4, 0.5) is 0 Å². The van der Waals surface area contributed by atoms with Crippen molar-refractivity contribution in [3.05, 3.63) is 48.3 Å². The molecule has 2 aromatic heterocycles. The SMILES string of the molecule is Cn1cncc1C(=O)N[C@@H]1CCCN(Cc2cccnc2)C1. The predicted octanol–water partition coefficient (Wildman–Crippen LogP) is 1.21. The van der Waals surface area contributed by atoms with Gasteiger partial charge in [-0.1, -0.05) is 6.07 Å². The van der Waals surface area contributed by atoms with Gasteiger partial charge in [0.2, 0.25) is 0 Å². The smallest absolute Gasteiger partial charge is 0.269 e. The Hall–Kier alpha value is -2.21. The Balaban J connectivity index is 1.57. The van der Waals surface area contributed by atoms with Crippen LogP contribution >= 0.6 is 0 Å². The van der Waals surface area contributed by atoms with E-state index >= 15 is 0 Å². The van der Waals surface area contributed by atoms with Gasteiger partial charge in [-0.25, -0.2) is 4.98 Å². The summed E-state index contributed by atoms with van der Waals surface area (Å²) in [5, 5.41) is 3.12. The van der Waals surface area contributed by atoms with E-state index in [0.717, 1.165) is 32.5 Å². The fourth-order valence-electron chi connectivity index (χ4n) is 2.90. The Bertz CT molecular complexity index is 624. The Morgan fingerprint density at radius 2 is 2.32 bits per heavy atom. The van der Waals surface area contributed by atoms with Crippen LogP contribution < -0.4 is 5.32 Å². The van der Waals surface area contributed by atoms with Gasteiger partial charge in [-0.2, -0.15) is 0 Å². The van der Waals surface area contributed by atoms with Gasteiger partial charge in [0.25, 0.3) is 5.91 Å². The van der Waals surface area contributed by atoms with Crippen molar-refractivity contribution in [2.24, 2.45) is 7.05 Å². The Morgan fingerprint density at radius 1 is 1.41 bits per heavy atom. The molecule has 6 nitrogen and oxygen atoms in total. The van der Waals surface area contributed by atoms with Crippen molar-refractivity contribution in [2.45, 2.75) is 25.4 Å². The highest BCUT2D eigenvalue weighted by Gasteiger charge is 2.22. The summed E-state index contributed by atoms with van der Waals surface area (Å²) in [5.41, 5.74) is 1.81. The maximum atomic E-state index is 12.3. The monoisotopic (exact) mass is 299 g/mol. The van der Waals surface area contributed by atoms with Crippen LogP contribution in [0, 0.1) is 0 Å². The van der Waals surface area contributed by atoms with Gasteiger partial charge in [0.15, 0.2) is 0 Å². The van der Waals surface area contributed by atoms with Crippen LogP contribution in [0.3, 0.4) is 0 Å². The van der Waals surface area contributed by atoms with E-state index in [-0.39, 0.29) is 11.9 Å². The molecule has 0 aliphatic carbocycles. The first kappa shape index (κ1) is 14.7. The molecule has 22 heavy (non-hydrogen) atoms. The normalized spacial score (nSPS) is 19.0. The van der Waals surface area contributed by atoms with Crippen molar-refractivity contribution in [1.29, 1.82) is 0 Å². The van der Waals surface area contributed by atoms with Crippen molar-refractivity contribution >= 4 is 5.91 Å². The van der Waals surface area contributed by atoms with Gasteiger partial charge < -0.3 is 9.88 Å². The highest BCUT2D eigenvalue weighted by Crippen LogP contribution is 2.14. The molecule has 6 heteroatoms. The first-order valence-electron chi connectivity index (χ1n) is 7.61. The van der Waals surface area contributed by atoms with Crippen molar-refractivity contribution < 1.29 is 4.79 Å². The van der Waals surface area contributed by atoms with Crippen LogP contribution in [0.2, 0.25) is 0 Å². The van der Waals surface area contributed by atoms with Crippen LogP contribution in [0.15, 0.2) is 37.1 Å². The lowest BCUT2D eigenvalue weighted by Crippen LogP contribution is -2.47. The molecule has 0 unspecified atom stereocenters. The van der Waals surface area contributed by atoms with Gasteiger partial charge in [0, 0.05) is 38.6 Å². The average Bonchev–Trinajstić information content (AvgIpc) is 2.95. The van der Waals surface area contributed by atoms with Crippen molar-refractivity contribution in [3.63, 3.8) is 0 Å². The van der Waals surface area contributed by atoms with E-state index in [1.165, 1.54) is 5.56 Å². The van der Waals surface area contributed by atoms with Gasteiger partial charge in [-0.15, -0.1) is 0 Å². The number of carbonyl (C=O) groups excluding carboxylic acids is 1. The van der Waals surface area contributed by atoms with Crippen molar-refractivity contribution in [2.75, 3.05) is 13.1 Å². The Labute approximate surface area is 130 Å². The minimum absolute atomic E-state index is 0.0479. The second kappa shape index (κ2) is 6.70. The lowest BCUT2D eigenvalue weighted by Gasteiger charge is -2.33. The van der Waals surface area contributed by atoms with E-state index in [0.29, 0.717) is 5.69 Å². The first-order valence-corrected chi connectivity index (χ1v) is 7.61. The number of amides is 1. The summed E-state index contributed by atoms with van der Waals surface area (Å²) in [4.78, 5) is 22.8. The standard InChI is InChI=1S/C16H21N5O/c1-20-12-18-9-15(20)16(22)19-14-5-3-7-21(11-14)10-13-4-2-6-17-8-13/h2,4,6,8-9,12,14H,3,5,7,10-11H2,1H3,(H,19,22)/t14-/m1/s1. The number of rotatable bonds is 4. The molecule has 116 valence electrons. The Kier molecular flexibility index (Phi) is 4.48. The number of aryl methyl sites for hydroxylation is 1. The molecular weight excluding hydrogens is 278 g/mol. The number of nitrogens with zero attached hydrogens (tertiary/aromatic N) is 4. The number of piperidine rings is 1. The maximum Gasteiger partial charge on any atom is 0.269 e. The highest BCUT2D eigenvalue weighted by molar-refractivity contribution is 5.92. The van der Waals surface area contributed by atoms with Gasteiger partial charge >= 0.3 is 0 Å². The highest BCUT2D eigenvalue weighted by atomic mass is 16.2. The molecule has 0 spiro atoms. The molecule has 1 N–H and O–H groups in total. The molecule has 1 atom stereocenters. The molecule has 0 radical (unpaired) electrons. The van der Waals surface area contributed by atoms with Crippen LogP contribution in [0.1, 0.15) is 28.9 Å². The number of aromatic nitrogens is 3. The number of imidazole rings is 1. The molecular formula is C16H21N5O. The fourth-order valence-corrected chi connectivity index (χ4v) is 2.90. The second-order valence-corrected chi connectivity index (χ2v) is 5.80. The number of likely N-dealkylation sites (tertiary alicyclic amines) is 1. The summed E-state index contributed by atoms with van der Waals surface area (Å²) in [5.74, 6) is -0.0479. The van der Waals surface area contributed by atoms with Crippen LogP contribution in [-0.2, 0) is 13.6 Å². The van der Waals surface area contributed by atoms with E-state index in [1.54, 1.807) is 23.3 Å². The summed E-state index contributed by atoms with van der Waals surface area (Å²) in [6.07, 6.45) is 9.05. The lowest BCUT2D eigenvalue weighted by molar-refractivity contribution is 0.0892. The molecule has 3 rings (SSSR count).